The molecule has 3 nitrogen and oxygen atoms in total. The van der Waals surface area contributed by atoms with Crippen LogP contribution in [0.1, 0.15) is 25.3 Å². The van der Waals surface area contributed by atoms with Crippen molar-refractivity contribution in [3.05, 3.63) is 20.8 Å². The van der Waals surface area contributed by atoms with Gasteiger partial charge in [-0.2, -0.15) is 0 Å². The second-order valence-electron chi connectivity index (χ2n) is 4.56. The lowest BCUT2D eigenvalue weighted by Crippen LogP contribution is -2.45. The molecule has 1 aliphatic rings. The zero-order valence-corrected chi connectivity index (χ0v) is 12.1. The molecule has 1 fully saturated rings. The zero-order chi connectivity index (χ0) is 12.4. The van der Waals surface area contributed by atoms with Gasteiger partial charge in [-0.1, -0.05) is 0 Å². The van der Waals surface area contributed by atoms with E-state index in [1.165, 1.54) is 5.56 Å². The first-order chi connectivity index (χ1) is 8.08. The summed E-state index contributed by atoms with van der Waals surface area (Å²) < 4.78 is 1.13. The number of aliphatic carboxylic acids is 1. The number of rotatable bonds is 3. The van der Waals surface area contributed by atoms with Gasteiger partial charge in [0, 0.05) is 12.6 Å². The number of halogens is 1. The predicted molar refractivity (Wildman–Crippen MR) is 72.3 cm³/mol. The van der Waals surface area contributed by atoms with Crippen molar-refractivity contribution in [2.45, 2.75) is 32.4 Å². The lowest BCUT2D eigenvalue weighted by molar-refractivity contribution is -0.145. The van der Waals surface area contributed by atoms with Crippen LogP contribution in [0.25, 0.3) is 0 Å². The first-order valence-electron chi connectivity index (χ1n) is 5.77. The van der Waals surface area contributed by atoms with Crippen molar-refractivity contribution in [3.8, 4) is 0 Å². The van der Waals surface area contributed by atoms with E-state index in [4.69, 9.17) is 5.11 Å². The fourth-order valence-corrected chi connectivity index (χ4v) is 3.63. The van der Waals surface area contributed by atoms with Crippen molar-refractivity contribution < 1.29 is 9.90 Å². The molecule has 1 aliphatic heterocycles. The summed E-state index contributed by atoms with van der Waals surface area (Å²) in [5.74, 6) is -0.875. The minimum absolute atomic E-state index is 0.125. The number of hydrogen-bond acceptors (Lipinski definition) is 3. The van der Waals surface area contributed by atoms with E-state index in [9.17, 15) is 4.79 Å². The average molecular weight is 318 g/mol. The lowest BCUT2D eigenvalue weighted by Gasteiger charge is -2.37. The maximum atomic E-state index is 11.1. The van der Waals surface area contributed by atoms with Crippen LogP contribution in [0.2, 0.25) is 0 Å². The molecule has 0 aliphatic carbocycles. The number of carboxylic acid groups (broad SMARTS) is 1. The van der Waals surface area contributed by atoms with Gasteiger partial charge < -0.3 is 5.11 Å². The quantitative estimate of drug-likeness (QED) is 0.930. The highest BCUT2D eigenvalue weighted by Gasteiger charge is 2.32. The van der Waals surface area contributed by atoms with Crippen LogP contribution in [0.3, 0.4) is 0 Å². The molecule has 0 aromatic carbocycles. The molecular formula is C12H16BrNO2S. The van der Waals surface area contributed by atoms with Crippen LogP contribution in [0.5, 0.6) is 0 Å². The molecular weight excluding hydrogens is 302 g/mol. The molecule has 1 saturated heterocycles. The molecule has 94 valence electrons. The molecule has 17 heavy (non-hydrogen) atoms. The van der Waals surface area contributed by atoms with Gasteiger partial charge in [0.25, 0.3) is 0 Å². The van der Waals surface area contributed by atoms with Gasteiger partial charge in [-0.15, -0.1) is 11.3 Å². The van der Waals surface area contributed by atoms with Crippen molar-refractivity contribution in [2.75, 3.05) is 6.54 Å². The normalized spacial score (nSPS) is 26.0. The molecule has 0 bridgehead atoms. The number of hydrogen-bond donors (Lipinski definition) is 1. The number of carboxylic acids is 1. The Balaban J connectivity index is 2.03. The summed E-state index contributed by atoms with van der Waals surface area (Å²) in [5.41, 5.74) is 1.26. The third-order valence-electron chi connectivity index (χ3n) is 3.44. The SMILES string of the molecule is C[C@@H]1[C@H](C(=O)O)CCCN1Cc1csc(Br)c1. The largest absolute Gasteiger partial charge is 0.481 e. The van der Waals surface area contributed by atoms with Gasteiger partial charge in [-0.3, -0.25) is 9.69 Å². The van der Waals surface area contributed by atoms with Crippen molar-refractivity contribution in [1.29, 1.82) is 0 Å². The van der Waals surface area contributed by atoms with E-state index in [1.54, 1.807) is 11.3 Å². The van der Waals surface area contributed by atoms with Crippen molar-refractivity contribution in [1.82, 2.24) is 4.90 Å². The van der Waals surface area contributed by atoms with Gasteiger partial charge in [0.1, 0.15) is 0 Å². The highest BCUT2D eigenvalue weighted by molar-refractivity contribution is 9.11. The average Bonchev–Trinajstić information content (AvgIpc) is 2.67. The standard InChI is InChI=1S/C12H16BrNO2S/c1-8-10(12(15)16)3-2-4-14(8)6-9-5-11(13)17-7-9/h5,7-8,10H,2-4,6H2,1H3,(H,15,16)/t8-,10-/m1/s1. The first-order valence-corrected chi connectivity index (χ1v) is 7.45. The lowest BCUT2D eigenvalue weighted by atomic mass is 9.90. The van der Waals surface area contributed by atoms with Crippen LogP contribution in [-0.2, 0) is 11.3 Å². The Kier molecular flexibility index (Phi) is 4.22. The summed E-state index contributed by atoms with van der Waals surface area (Å²) in [6.45, 7) is 3.88. The number of thiophene rings is 1. The minimum Gasteiger partial charge on any atom is -0.481 e. The van der Waals surface area contributed by atoms with E-state index in [0.29, 0.717) is 0 Å². The molecule has 0 spiro atoms. The summed E-state index contributed by atoms with van der Waals surface area (Å²) in [7, 11) is 0. The molecule has 1 N–H and O–H groups in total. The monoisotopic (exact) mass is 317 g/mol. The van der Waals surface area contributed by atoms with Gasteiger partial charge in [-0.25, -0.2) is 0 Å². The first kappa shape index (κ1) is 13.1. The van der Waals surface area contributed by atoms with Crippen LogP contribution in [0.4, 0.5) is 0 Å². The summed E-state index contributed by atoms with van der Waals surface area (Å²) in [4.78, 5) is 13.4. The smallest absolute Gasteiger partial charge is 0.308 e. The molecule has 0 unspecified atom stereocenters. The summed E-state index contributed by atoms with van der Waals surface area (Å²) >= 11 is 5.13. The van der Waals surface area contributed by atoms with Gasteiger partial charge >= 0.3 is 5.97 Å². The van der Waals surface area contributed by atoms with Gasteiger partial charge in [0.15, 0.2) is 0 Å². The topological polar surface area (TPSA) is 40.5 Å². The Bertz CT molecular complexity index is 407. The van der Waals surface area contributed by atoms with Crippen LogP contribution < -0.4 is 0 Å². The van der Waals surface area contributed by atoms with Crippen molar-refractivity contribution in [3.63, 3.8) is 0 Å². The Hall–Kier alpha value is -0.390. The van der Waals surface area contributed by atoms with Crippen LogP contribution >= 0.6 is 27.3 Å². The van der Waals surface area contributed by atoms with E-state index >= 15 is 0 Å². The van der Waals surface area contributed by atoms with Crippen LogP contribution in [-0.4, -0.2) is 28.6 Å². The highest BCUT2D eigenvalue weighted by Crippen LogP contribution is 2.27. The van der Waals surface area contributed by atoms with Crippen molar-refractivity contribution in [2.24, 2.45) is 5.92 Å². The Morgan fingerprint density at radius 3 is 3.06 bits per heavy atom. The second-order valence-corrected chi connectivity index (χ2v) is 6.85. The minimum atomic E-state index is -0.659. The molecule has 2 atom stereocenters. The summed E-state index contributed by atoms with van der Waals surface area (Å²) in [6.07, 6.45) is 1.78. The van der Waals surface area contributed by atoms with E-state index in [-0.39, 0.29) is 12.0 Å². The van der Waals surface area contributed by atoms with E-state index in [0.717, 1.165) is 29.7 Å². The summed E-state index contributed by atoms with van der Waals surface area (Å²) in [5, 5.41) is 11.3. The van der Waals surface area contributed by atoms with Gasteiger partial charge in [0.2, 0.25) is 0 Å². The number of piperidine rings is 1. The highest BCUT2D eigenvalue weighted by atomic mass is 79.9. The Morgan fingerprint density at radius 1 is 1.71 bits per heavy atom. The van der Waals surface area contributed by atoms with E-state index < -0.39 is 5.97 Å². The maximum absolute atomic E-state index is 11.1. The predicted octanol–water partition coefficient (Wildman–Crippen LogP) is 3.20. The Labute approximate surface area is 114 Å². The van der Waals surface area contributed by atoms with Gasteiger partial charge in [0.05, 0.1) is 9.70 Å². The fraction of sp³-hybridized carbons (Fsp3) is 0.583. The number of carbonyl (C=O) groups is 1. The zero-order valence-electron chi connectivity index (χ0n) is 9.73. The van der Waals surface area contributed by atoms with Crippen LogP contribution in [0, 0.1) is 5.92 Å². The van der Waals surface area contributed by atoms with Crippen molar-refractivity contribution >= 4 is 33.2 Å². The molecule has 0 radical (unpaired) electrons. The molecule has 1 aromatic heterocycles. The number of likely N-dealkylation sites (tertiary alicyclic amines) is 1. The molecule has 1 aromatic rings. The Morgan fingerprint density at radius 2 is 2.47 bits per heavy atom. The number of nitrogens with zero attached hydrogens (tertiary/aromatic N) is 1. The molecule has 2 rings (SSSR count). The van der Waals surface area contributed by atoms with E-state index in [2.05, 4.69) is 32.3 Å². The molecule has 0 amide bonds. The summed E-state index contributed by atoms with van der Waals surface area (Å²) in [6, 6.07) is 2.24. The molecule has 2 heterocycles. The fourth-order valence-electron chi connectivity index (χ4n) is 2.43. The van der Waals surface area contributed by atoms with Gasteiger partial charge in [-0.05, 0) is 59.2 Å². The third kappa shape index (κ3) is 3.09. The molecule has 5 heteroatoms. The third-order valence-corrected chi connectivity index (χ3v) is 5.00. The van der Waals surface area contributed by atoms with Crippen LogP contribution in [0.15, 0.2) is 15.2 Å². The molecule has 0 saturated carbocycles. The second kappa shape index (κ2) is 5.50. The maximum Gasteiger partial charge on any atom is 0.308 e. The van der Waals surface area contributed by atoms with E-state index in [1.807, 2.05) is 6.92 Å².